The van der Waals surface area contributed by atoms with Crippen LogP contribution in [0.25, 0.3) is 5.52 Å². The van der Waals surface area contributed by atoms with Crippen LogP contribution in [0.5, 0.6) is 0 Å². The van der Waals surface area contributed by atoms with Crippen LogP contribution in [0.3, 0.4) is 0 Å². The number of hydrogen-bond acceptors (Lipinski definition) is 3. The van der Waals surface area contributed by atoms with Gasteiger partial charge in [-0.3, -0.25) is 14.0 Å². The number of amides is 2. The van der Waals surface area contributed by atoms with E-state index in [2.05, 4.69) is 29.5 Å². The molecule has 6 heteroatoms. The van der Waals surface area contributed by atoms with Crippen molar-refractivity contribution in [3.05, 3.63) is 65.7 Å². The minimum atomic E-state index is -0.344. The van der Waals surface area contributed by atoms with Crippen molar-refractivity contribution < 1.29 is 9.59 Å². The lowest BCUT2D eigenvalue weighted by molar-refractivity contribution is 0.0935. The van der Waals surface area contributed by atoms with E-state index in [-0.39, 0.29) is 29.4 Å². The second-order valence-electron chi connectivity index (χ2n) is 7.93. The van der Waals surface area contributed by atoms with Gasteiger partial charge in [0.25, 0.3) is 11.8 Å². The molecule has 2 heterocycles. The predicted octanol–water partition coefficient (Wildman–Crippen LogP) is 4.38. The van der Waals surface area contributed by atoms with E-state index in [1.165, 1.54) is 5.56 Å². The number of nitrogens with one attached hydrogen (secondary N) is 2. The van der Waals surface area contributed by atoms with Crippen LogP contribution in [0.4, 0.5) is 5.69 Å². The Hall–Kier alpha value is -3.15. The highest BCUT2D eigenvalue weighted by atomic mass is 16.2. The summed E-state index contributed by atoms with van der Waals surface area (Å²) in [6.07, 6.45) is 6.02. The van der Waals surface area contributed by atoms with E-state index in [0.29, 0.717) is 17.1 Å². The summed E-state index contributed by atoms with van der Waals surface area (Å²) in [7, 11) is 0. The summed E-state index contributed by atoms with van der Waals surface area (Å²) in [5, 5.41) is 5.95. The lowest BCUT2D eigenvalue weighted by Gasteiger charge is -2.10. The van der Waals surface area contributed by atoms with Gasteiger partial charge in [0.2, 0.25) is 5.82 Å². The average Bonchev–Trinajstić information content (AvgIpc) is 3.36. The highest BCUT2D eigenvalue weighted by molar-refractivity contribution is 6.06. The number of nitrogens with zero attached hydrogens (tertiary/aromatic N) is 2. The first-order chi connectivity index (χ1) is 14.0. The molecule has 1 aliphatic carbocycles. The summed E-state index contributed by atoms with van der Waals surface area (Å²) in [5.41, 5.74) is 2.82. The predicted molar refractivity (Wildman–Crippen MR) is 113 cm³/mol. The first-order valence-electron chi connectivity index (χ1n) is 10.2. The minimum Gasteiger partial charge on any atom is -0.348 e. The summed E-state index contributed by atoms with van der Waals surface area (Å²) in [5.74, 6) is 0.0615. The van der Waals surface area contributed by atoms with Crippen molar-refractivity contribution in [1.29, 1.82) is 0 Å². The van der Waals surface area contributed by atoms with Crippen molar-refractivity contribution in [3.8, 4) is 0 Å². The molecule has 2 amide bonds. The van der Waals surface area contributed by atoms with Gasteiger partial charge in [0, 0.05) is 17.9 Å². The third kappa shape index (κ3) is 4.01. The van der Waals surface area contributed by atoms with Gasteiger partial charge in [0.15, 0.2) is 5.69 Å². The van der Waals surface area contributed by atoms with Crippen LogP contribution in [0.2, 0.25) is 0 Å². The summed E-state index contributed by atoms with van der Waals surface area (Å²) in [6.45, 7) is 4.25. The molecule has 0 unspecified atom stereocenters. The Balaban J connectivity index is 1.59. The van der Waals surface area contributed by atoms with E-state index in [9.17, 15) is 9.59 Å². The highest BCUT2D eigenvalue weighted by Crippen LogP contribution is 2.21. The second-order valence-corrected chi connectivity index (χ2v) is 7.93. The lowest BCUT2D eigenvalue weighted by Crippen LogP contribution is -2.33. The molecule has 1 aliphatic rings. The van der Waals surface area contributed by atoms with Gasteiger partial charge in [0.05, 0.1) is 5.52 Å². The van der Waals surface area contributed by atoms with Crippen LogP contribution in [0.1, 0.15) is 72.1 Å². The summed E-state index contributed by atoms with van der Waals surface area (Å²) in [4.78, 5) is 30.1. The molecule has 150 valence electrons. The molecule has 0 bridgehead atoms. The lowest BCUT2D eigenvalue weighted by atomic mass is 10.0. The van der Waals surface area contributed by atoms with E-state index in [0.717, 1.165) is 25.7 Å². The molecule has 1 saturated carbocycles. The van der Waals surface area contributed by atoms with Gasteiger partial charge in [-0.05, 0) is 48.6 Å². The largest absolute Gasteiger partial charge is 0.348 e. The summed E-state index contributed by atoms with van der Waals surface area (Å²) >= 11 is 0. The molecule has 3 aromatic rings. The molecule has 29 heavy (non-hydrogen) atoms. The third-order valence-corrected chi connectivity index (χ3v) is 5.49. The average molecular weight is 390 g/mol. The molecular weight excluding hydrogens is 364 g/mol. The molecule has 0 spiro atoms. The van der Waals surface area contributed by atoms with Gasteiger partial charge in [-0.15, -0.1) is 0 Å². The van der Waals surface area contributed by atoms with Crippen LogP contribution in [0.15, 0.2) is 48.7 Å². The number of pyridine rings is 1. The van der Waals surface area contributed by atoms with Gasteiger partial charge in [-0.2, -0.15) is 0 Å². The second kappa shape index (κ2) is 8.07. The maximum atomic E-state index is 12.9. The number of carbonyl (C=O) groups excluding carboxylic acids is 2. The van der Waals surface area contributed by atoms with E-state index in [1.54, 1.807) is 10.6 Å². The normalized spacial score (nSPS) is 14.4. The van der Waals surface area contributed by atoms with Crippen LogP contribution in [0, 0.1) is 0 Å². The third-order valence-electron chi connectivity index (χ3n) is 5.49. The zero-order valence-corrected chi connectivity index (χ0v) is 16.8. The molecule has 6 nitrogen and oxygen atoms in total. The molecule has 4 rings (SSSR count). The number of imidazole rings is 1. The van der Waals surface area contributed by atoms with Gasteiger partial charge < -0.3 is 10.6 Å². The summed E-state index contributed by atoms with van der Waals surface area (Å²) in [6, 6.07) is 13.4. The van der Waals surface area contributed by atoms with E-state index < -0.39 is 0 Å². The number of carbonyl (C=O) groups is 2. The van der Waals surface area contributed by atoms with E-state index in [4.69, 9.17) is 0 Å². The van der Waals surface area contributed by atoms with Crippen molar-refractivity contribution in [2.75, 3.05) is 5.32 Å². The topological polar surface area (TPSA) is 75.5 Å². The van der Waals surface area contributed by atoms with Crippen molar-refractivity contribution in [1.82, 2.24) is 14.7 Å². The van der Waals surface area contributed by atoms with Crippen molar-refractivity contribution in [3.63, 3.8) is 0 Å². The van der Waals surface area contributed by atoms with E-state index in [1.807, 2.05) is 42.5 Å². The van der Waals surface area contributed by atoms with Crippen LogP contribution < -0.4 is 10.6 Å². The van der Waals surface area contributed by atoms with E-state index >= 15 is 0 Å². The van der Waals surface area contributed by atoms with Crippen molar-refractivity contribution in [2.45, 2.75) is 51.5 Å². The molecule has 1 aromatic carbocycles. The molecule has 2 N–H and O–H groups in total. The summed E-state index contributed by atoms with van der Waals surface area (Å²) < 4.78 is 1.67. The van der Waals surface area contributed by atoms with Gasteiger partial charge in [-0.1, -0.05) is 44.9 Å². The fourth-order valence-electron chi connectivity index (χ4n) is 3.83. The number of anilines is 1. The number of rotatable bonds is 5. The molecule has 0 atom stereocenters. The molecular formula is C23H26N4O2. The van der Waals surface area contributed by atoms with Gasteiger partial charge in [-0.25, -0.2) is 4.98 Å². The first-order valence-corrected chi connectivity index (χ1v) is 10.2. The van der Waals surface area contributed by atoms with Crippen LogP contribution in [-0.4, -0.2) is 27.2 Å². The fourth-order valence-corrected chi connectivity index (χ4v) is 3.83. The van der Waals surface area contributed by atoms with Crippen LogP contribution in [-0.2, 0) is 0 Å². The molecule has 2 aromatic heterocycles. The Labute approximate surface area is 170 Å². The maximum absolute atomic E-state index is 12.9. The Bertz CT molecular complexity index is 1030. The first kappa shape index (κ1) is 19.2. The Kier molecular flexibility index (Phi) is 5.34. The Morgan fingerprint density at radius 2 is 1.76 bits per heavy atom. The quantitative estimate of drug-likeness (QED) is 0.679. The number of hydrogen-bond donors (Lipinski definition) is 2. The Morgan fingerprint density at radius 3 is 2.45 bits per heavy atom. The minimum absolute atomic E-state index is 0.194. The molecule has 0 radical (unpaired) electrons. The van der Waals surface area contributed by atoms with Crippen LogP contribution >= 0.6 is 0 Å². The monoisotopic (exact) mass is 390 g/mol. The smallest absolute Gasteiger partial charge is 0.292 e. The zero-order chi connectivity index (χ0) is 20.4. The van der Waals surface area contributed by atoms with Gasteiger partial charge >= 0.3 is 0 Å². The molecule has 0 aliphatic heterocycles. The number of fused-ring (bicyclic) bond motifs is 1. The van der Waals surface area contributed by atoms with Crippen molar-refractivity contribution >= 4 is 23.0 Å². The Morgan fingerprint density at radius 1 is 1.03 bits per heavy atom. The standard InChI is InChI=1S/C23H26N4O2/c1-15(2)16-10-12-18(13-11-16)25-23(29)21-26-20(19-9-5-6-14-27(19)21)22(28)24-17-7-3-4-8-17/h5-6,9-15,17H,3-4,7-8H2,1-2H3,(H,24,28)(H,25,29). The SMILES string of the molecule is CC(C)c1ccc(NC(=O)c2nc(C(=O)NC3CCCC3)c3ccccn23)cc1. The molecule has 1 fully saturated rings. The van der Waals surface area contributed by atoms with Crippen molar-refractivity contribution in [2.24, 2.45) is 0 Å². The maximum Gasteiger partial charge on any atom is 0.292 e. The number of benzene rings is 1. The highest BCUT2D eigenvalue weighted by Gasteiger charge is 2.24. The van der Waals surface area contributed by atoms with Gasteiger partial charge in [0.1, 0.15) is 0 Å². The fraction of sp³-hybridized carbons (Fsp3) is 0.348. The molecule has 0 saturated heterocycles. The number of aromatic nitrogens is 2. The zero-order valence-electron chi connectivity index (χ0n) is 16.8.